The summed E-state index contributed by atoms with van der Waals surface area (Å²) in [5.41, 5.74) is 3.19. The highest BCUT2D eigenvalue weighted by molar-refractivity contribution is 5.88. The molecule has 1 aliphatic rings. The van der Waals surface area contributed by atoms with Crippen LogP contribution in [-0.4, -0.2) is 34.4 Å². The number of benzene rings is 1. The summed E-state index contributed by atoms with van der Waals surface area (Å²) in [4.78, 5) is 23.7. The van der Waals surface area contributed by atoms with Crippen LogP contribution < -0.4 is 5.32 Å². The molecule has 2 N–H and O–H groups in total. The average molecular weight is 358 g/mol. The summed E-state index contributed by atoms with van der Waals surface area (Å²) in [5.74, 6) is -0.806. The highest BCUT2D eigenvalue weighted by atomic mass is 16.5. The molecule has 1 amide bonds. The van der Waals surface area contributed by atoms with E-state index in [1.165, 1.54) is 0 Å². The number of carboxylic acids is 1. The molecule has 0 aliphatic heterocycles. The van der Waals surface area contributed by atoms with Gasteiger partial charge in [-0.25, -0.2) is 9.59 Å². The van der Waals surface area contributed by atoms with Crippen LogP contribution in [0.15, 0.2) is 24.3 Å². The third-order valence-corrected chi connectivity index (χ3v) is 5.05. The zero-order valence-electron chi connectivity index (χ0n) is 15.3. The van der Waals surface area contributed by atoms with Gasteiger partial charge in [0.05, 0.1) is 6.61 Å². The van der Waals surface area contributed by atoms with Crippen molar-refractivity contribution in [1.82, 2.24) is 9.88 Å². The van der Waals surface area contributed by atoms with Crippen LogP contribution in [0.4, 0.5) is 4.79 Å². The van der Waals surface area contributed by atoms with Crippen LogP contribution in [0.5, 0.6) is 0 Å². The van der Waals surface area contributed by atoms with Crippen molar-refractivity contribution < 1.29 is 19.4 Å². The SMILES string of the molecule is CCCOC(=O)N[C@@H]1CCc2c(c3ccccc3n2C(CC)C(=O)O)C1. The molecule has 26 heavy (non-hydrogen) atoms. The molecule has 1 heterocycles. The Hall–Kier alpha value is -2.50. The summed E-state index contributed by atoms with van der Waals surface area (Å²) in [7, 11) is 0. The van der Waals surface area contributed by atoms with Crippen molar-refractivity contribution in [3.05, 3.63) is 35.5 Å². The first-order valence-electron chi connectivity index (χ1n) is 9.33. The number of para-hydroxylation sites is 1. The van der Waals surface area contributed by atoms with Crippen LogP contribution in [0.1, 0.15) is 50.4 Å². The van der Waals surface area contributed by atoms with Crippen LogP contribution in [0.25, 0.3) is 10.9 Å². The molecule has 1 aromatic heterocycles. The minimum absolute atomic E-state index is 0.0102. The van der Waals surface area contributed by atoms with E-state index < -0.39 is 12.0 Å². The molecule has 6 nitrogen and oxygen atoms in total. The lowest BCUT2D eigenvalue weighted by Gasteiger charge is -2.26. The maximum absolute atomic E-state index is 11.9. The minimum Gasteiger partial charge on any atom is -0.480 e. The second-order valence-electron chi connectivity index (χ2n) is 6.79. The number of aromatic nitrogens is 1. The lowest BCUT2D eigenvalue weighted by molar-refractivity contribution is -0.140. The number of carbonyl (C=O) groups is 2. The Morgan fingerprint density at radius 3 is 2.81 bits per heavy atom. The van der Waals surface area contributed by atoms with E-state index in [0.717, 1.165) is 41.4 Å². The normalized spacial score (nSPS) is 17.5. The van der Waals surface area contributed by atoms with Crippen LogP contribution in [0, 0.1) is 0 Å². The summed E-state index contributed by atoms with van der Waals surface area (Å²) >= 11 is 0. The van der Waals surface area contributed by atoms with Gasteiger partial charge in [0.25, 0.3) is 0 Å². The van der Waals surface area contributed by atoms with E-state index in [0.29, 0.717) is 19.4 Å². The quantitative estimate of drug-likeness (QED) is 0.826. The van der Waals surface area contributed by atoms with Gasteiger partial charge in [0.15, 0.2) is 0 Å². The molecule has 0 spiro atoms. The maximum Gasteiger partial charge on any atom is 0.407 e. The number of hydrogen-bond donors (Lipinski definition) is 2. The summed E-state index contributed by atoms with van der Waals surface area (Å²) in [6.45, 7) is 4.28. The number of alkyl carbamates (subject to hydrolysis) is 1. The van der Waals surface area contributed by atoms with Gasteiger partial charge < -0.3 is 19.7 Å². The van der Waals surface area contributed by atoms with Gasteiger partial charge in [-0.2, -0.15) is 0 Å². The predicted molar refractivity (Wildman–Crippen MR) is 99.5 cm³/mol. The van der Waals surface area contributed by atoms with Crippen molar-refractivity contribution in [3.63, 3.8) is 0 Å². The molecule has 0 fully saturated rings. The topological polar surface area (TPSA) is 80.6 Å². The Labute approximate surface area is 153 Å². The Morgan fingerprint density at radius 1 is 1.35 bits per heavy atom. The number of nitrogens with one attached hydrogen (secondary N) is 1. The zero-order valence-corrected chi connectivity index (χ0v) is 15.3. The van der Waals surface area contributed by atoms with Gasteiger partial charge in [-0.05, 0) is 43.7 Å². The molecule has 2 atom stereocenters. The first-order valence-corrected chi connectivity index (χ1v) is 9.33. The lowest BCUT2D eigenvalue weighted by Crippen LogP contribution is -2.39. The van der Waals surface area contributed by atoms with Crippen molar-refractivity contribution in [3.8, 4) is 0 Å². The van der Waals surface area contributed by atoms with E-state index in [-0.39, 0.29) is 12.1 Å². The van der Waals surface area contributed by atoms with Gasteiger partial charge in [0.2, 0.25) is 0 Å². The number of nitrogens with zero attached hydrogens (tertiary/aromatic N) is 1. The van der Waals surface area contributed by atoms with Crippen molar-refractivity contribution in [2.45, 2.75) is 58.0 Å². The summed E-state index contributed by atoms with van der Waals surface area (Å²) < 4.78 is 7.11. The number of hydrogen-bond acceptors (Lipinski definition) is 3. The smallest absolute Gasteiger partial charge is 0.407 e. The summed E-state index contributed by atoms with van der Waals surface area (Å²) in [6.07, 6.45) is 3.17. The molecule has 1 unspecified atom stereocenters. The van der Waals surface area contributed by atoms with E-state index in [9.17, 15) is 14.7 Å². The zero-order chi connectivity index (χ0) is 18.7. The molecule has 1 aliphatic carbocycles. The number of fused-ring (bicyclic) bond motifs is 3. The second kappa shape index (κ2) is 7.81. The number of carboxylic acid groups (broad SMARTS) is 1. The highest BCUT2D eigenvalue weighted by Gasteiger charge is 2.30. The maximum atomic E-state index is 11.9. The van der Waals surface area contributed by atoms with Crippen molar-refractivity contribution in [2.75, 3.05) is 6.61 Å². The summed E-state index contributed by atoms with van der Waals surface area (Å²) in [6, 6.07) is 7.38. The van der Waals surface area contributed by atoms with Crippen molar-refractivity contribution >= 4 is 23.0 Å². The lowest BCUT2D eigenvalue weighted by atomic mass is 9.91. The molecule has 2 aromatic rings. The molecule has 0 saturated heterocycles. The fourth-order valence-corrected chi connectivity index (χ4v) is 3.89. The van der Waals surface area contributed by atoms with Gasteiger partial charge in [0, 0.05) is 22.6 Å². The van der Waals surface area contributed by atoms with Crippen LogP contribution in [-0.2, 0) is 22.4 Å². The van der Waals surface area contributed by atoms with E-state index in [4.69, 9.17) is 4.74 Å². The Bertz CT molecular complexity index is 811. The minimum atomic E-state index is -0.806. The van der Waals surface area contributed by atoms with Gasteiger partial charge >= 0.3 is 12.1 Å². The highest BCUT2D eigenvalue weighted by Crippen LogP contribution is 2.35. The molecular formula is C20H26N2O4. The molecule has 1 aromatic carbocycles. The van der Waals surface area contributed by atoms with E-state index in [2.05, 4.69) is 5.32 Å². The number of amides is 1. The third-order valence-electron chi connectivity index (χ3n) is 5.05. The van der Waals surface area contributed by atoms with Crippen LogP contribution in [0.3, 0.4) is 0 Å². The number of carbonyl (C=O) groups excluding carboxylic acids is 1. The standard InChI is InChI=1S/C20H26N2O4/c1-3-11-26-20(25)21-13-9-10-18-15(12-13)14-7-5-6-8-17(14)22(18)16(4-2)19(23)24/h5-8,13,16H,3-4,9-12H2,1-2H3,(H,21,25)(H,23,24)/t13-,16?/m1/s1. The Morgan fingerprint density at radius 2 is 2.12 bits per heavy atom. The fraction of sp³-hybridized carbons (Fsp3) is 0.500. The van der Waals surface area contributed by atoms with Gasteiger partial charge in [0.1, 0.15) is 6.04 Å². The largest absolute Gasteiger partial charge is 0.480 e. The fourth-order valence-electron chi connectivity index (χ4n) is 3.89. The van der Waals surface area contributed by atoms with Gasteiger partial charge in [-0.15, -0.1) is 0 Å². The van der Waals surface area contributed by atoms with Crippen molar-refractivity contribution in [1.29, 1.82) is 0 Å². The first kappa shape index (κ1) is 18.3. The van der Waals surface area contributed by atoms with Gasteiger partial charge in [-0.3, -0.25) is 0 Å². The molecule has 0 radical (unpaired) electrons. The third kappa shape index (κ3) is 3.41. The monoisotopic (exact) mass is 358 g/mol. The number of ether oxygens (including phenoxy) is 1. The van der Waals surface area contributed by atoms with Crippen LogP contribution >= 0.6 is 0 Å². The molecule has 140 valence electrons. The molecule has 3 rings (SSSR count). The average Bonchev–Trinajstić information content (AvgIpc) is 2.95. The van der Waals surface area contributed by atoms with Crippen LogP contribution in [0.2, 0.25) is 0 Å². The predicted octanol–water partition coefficient (Wildman–Crippen LogP) is 3.67. The van der Waals surface area contributed by atoms with E-state index >= 15 is 0 Å². The van der Waals surface area contributed by atoms with E-state index in [1.807, 2.05) is 42.7 Å². The molecule has 0 bridgehead atoms. The first-order chi connectivity index (χ1) is 12.6. The second-order valence-corrected chi connectivity index (χ2v) is 6.79. The Balaban J connectivity index is 1.93. The number of aliphatic carboxylic acids is 1. The number of rotatable bonds is 6. The molecular weight excluding hydrogens is 332 g/mol. The van der Waals surface area contributed by atoms with Crippen molar-refractivity contribution in [2.24, 2.45) is 0 Å². The molecule has 0 saturated carbocycles. The van der Waals surface area contributed by atoms with Gasteiger partial charge in [-0.1, -0.05) is 32.0 Å². The van der Waals surface area contributed by atoms with E-state index in [1.54, 1.807) is 0 Å². The molecule has 6 heteroatoms. The Kier molecular flexibility index (Phi) is 5.49. The summed E-state index contributed by atoms with van der Waals surface area (Å²) in [5, 5.41) is 13.7.